The molecule has 2 aliphatic rings. The Balaban J connectivity index is 1.44. The van der Waals surface area contributed by atoms with Gasteiger partial charge in [-0.15, -0.1) is 0 Å². The van der Waals surface area contributed by atoms with E-state index in [4.69, 9.17) is 4.98 Å². The predicted octanol–water partition coefficient (Wildman–Crippen LogP) is 4.73. The molecule has 162 valence electrons. The van der Waals surface area contributed by atoms with Crippen LogP contribution in [0.5, 0.6) is 0 Å². The molecular formula is C26H32N4O. The highest BCUT2D eigenvalue weighted by Crippen LogP contribution is 2.31. The number of aromatic nitrogens is 2. The normalized spacial score (nSPS) is 18.2. The van der Waals surface area contributed by atoms with Crippen LogP contribution in [0, 0.1) is 6.92 Å². The lowest BCUT2D eigenvalue weighted by Crippen LogP contribution is -2.51. The summed E-state index contributed by atoms with van der Waals surface area (Å²) in [6.45, 7) is 8.41. The van der Waals surface area contributed by atoms with E-state index < -0.39 is 0 Å². The largest absolute Gasteiger partial charge is 0.335 e. The minimum absolute atomic E-state index is 0.129. The van der Waals surface area contributed by atoms with Gasteiger partial charge in [-0.3, -0.25) is 9.69 Å². The first kappa shape index (κ1) is 20.3. The molecule has 0 atom stereocenters. The van der Waals surface area contributed by atoms with Crippen molar-refractivity contribution in [2.45, 2.75) is 52.1 Å². The second-order valence-corrected chi connectivity index (χ2v) is 8.91. The minimum Gasteiger partial charge on any atom is -0.335 e. The monoisotopic (exact) mass is 416 g/mol. The Morgan fingerprint density at radius 1 is 1.00 bits per heavy atom. The smallest absolute Gasteiger partial charge is 0.272 e. The summed E-state index contributed by atoms with van der Waals surface area (Å²) < 4.78 is 2.11. The maximum Gasteiger partial charge on any atom is 0.272 e. The molecule has 5 nitrogen and oxygen atoms in total. The van der Waals surface area contributed by atoms with Crippen LogP contribution < -0.4 is 0 Å². The van der Waals surface area contributed by atoms with Crippen molar-refractivity contribution < 1.29 is 4.79 Å². The number of carbonyl (C=O) groups is 1. The van der Waals surface area contributed by atoms with E-state index in [-0.39, 0.29) is 5.91 Å². The SMILES string of the molecule is CCn1c(-c2cccc3ccccc23)nc(C)c1C(=O)N1CCN(C2CCCC2)CC1. The molecule has 1 saturated heterocycles. The highest BCUT2D eigenvalue weighted by atomic mass is 16.2. The van der Waals surface area contributed by atoms with Crippen LogP contribution in [0.4, 0.5) is 0 Å². The molecule has 2 fully saturated rings. The van der Waals surface area contributed by atoms with Gasteiger partial charge in [0.05, 0.1) is 5.69 Å². The van der Waals surface area contributed by atoms with Crippen LogP contribution in [-0.2, 0) is 6.54 Å². The number of hydrogen-bond donors (Lipinski definition) is 0. The number of nitrogens with zero attached hydrogens (tertiary/aromatic N) is 4. The van der Waals surface area contributed by atoms with Crippen molar-refractivity contribution in [3.63, 3.8) is 0 Å². The van der Waals surface area contributed by atoms with Gasteiger partial charge in [0, 0.05) is 44.3 Å². The summed E-state index contributed by atoms with van der Waals surface area (Å²) in [5.74, 6) is 1.02. The third kappa shape index (κ3) is 3.65. The van der Waals surface area contributed by atoms with Crippen LogP contribution in [0.25, 0.3) is 22.2 Å². The average Bonchev–Trinajstić information content (AvgIpc) is 3.46. The number of carbonyl (C=O) groups excluding carboxylic acids is 1. The van der Waals surface area contributed by atoms with Gasteiger partial charge in [-0.1, -0.05) is 55.3 Å². The Morgan fingerprint density at radius 3 is 2.45 bits per heavy atom. The molecule has 2 heterocycles. The van der Waals surface area contributed by atoms with E-state index in [1.54, 1.807) is 0 Å². The Hall–Kier alpha value is -2.66. The van der Waals surface area contributed by atoms with E-state index in [2.05, 4.69) is 58.9 Å². The topological polar surface area (TPSA) is 41.4 Å². The van der Waals surface area contributed by atoms with Gasteiger partial charge in [0.2, 0.25) is 0 Å². The van der Waals surface area contributed by atoms with Gasteiger partial charge < -0.3 is 9.47 Å². The van der Waals surface area contributed by atoms with Crippen molar-refractivity contribution in [3.05, 3.63) is 53.9 Å². The molecule has 2 aromatic carbocycles. The number of benzene rings is 2. The molecule has 1 aliphatic carbocycles. The zero-order valence-electron chi connectivity index (χ0n) is 18.7. The molecule has 31 heavy (non-hydrogen) atoms. The van der Waals surface area contributed by atoms with E-state index in [0.717, 1.165) is 61.5 Å². The van der Waals surface area contributed by atoms with Gasteiger partial charge in [0.25, 0.3) is 5.91 Å². The number of aryl methyl sites for hydroxylation is 1. The number of rotatable bonds is 4. The number of hydrogen-bond acceptors (Lipinski definition) is 3. The Bertz CT molecular complexity index is 1080. The van der Waals surface area contributed by atoms with Crippen molar-refractivity contribution in [3.8, 4) is 11.4 Å². The molecule has 0 unspecified atom stereocenters. The van der Waals surface area contributed by atoms with Crippen LogP contribution in [0.1, 0.15) is 48.8 Å². The molecule has 5 rings (SSSR count). The highest BCUT2D eigenvalue weighted by molar-refractivity contribution is 5.98. The van der Waals surface area contributed by atoms with Crippen molar-refractivity contribution in [2.75, 3.05) is 26.2 Å². The molecule has 1 aromatic heterocycles. The summed E-state index contributed by atoms with van der Waals surface area (Å²) in [6, 6.07) is 15.4. The molecule has 0 N–H and O–H groups in total. The summed E-state index contributed by atoms with van der Waals surface area (Å²) >= 11 is 0. The van der Waals surface area contributed by atoms with E-state index >= 15 is 0 Å². The fourth-order valence-corrected chi connectivity index (χ4v) is 5.49. The first-order valence-electron chi connectivity index (χ1n) is 11.8. The Labute approximate surface area is 184 Å². The van der Waals surface area contributed by atoms with Crippen molar-refractivity contribution in [2.24, 2.45) is 0 Å². The predicted molar refractivity (Wildman–Crippen MR) is 125 cm³/mol. The molecule has 1 aliphatic heterocycles. The minimum atomic E-state index is 0.129. The Morgan fingerprint density at radius 2 is 1.71 bits per heavy atom. The van der Waals surface area contributed by atoms with Crippen LogP contribution in [0.15, 0.2) is 42.5 Å². The van der Waals surface area contributed by atoms with Gasteiger partial charge in [-0.25, -0.2) is 4.98 Å². The van der Waals surface area contributed by atoms with Crippen molar-refractivity contribution in [1.29, 1.82) is 0 Å². The molecule has 1 saturated carbocycles. The molecule has 5 heteroatoms. The van der Waals surface area contributed by atoms with Crippen LogP contribution >= 0.6 is 0 Å². The van der Waals surface area contributed by atoms with Crippen LogP contribution in [0.3, 0.4) is 0 Å². The number of fused-ring (bicyclic) bond motifs is 1. The van der Waals surface area contributed by atoms with Gasteiger partial charge in [-0.05, 0) is 37.5 Å². The third-order valence-electron chi connectivity index (χ3n) is 7.13. The maximum atomic E-state index is 13.6. The van der Waals surface area contributed by atoms with E-state index in [1.807, 2.05) is 11.8 Å². The number of amides is 1. The molecule has 0 bridgehead atoms. The van der Waals surface area contributed by atoms with E-state index in [1.165, 1.54) is 36.5 Å². The van der Waals surface area contributed by atoms with Crippen molar-refractivity contribution in [1.82, 2.24) is 19.4 Å². The van der Waals surface area contributed by atoms with E-state index in [0.29, 0.717) is 0 Å². The van der Waals surface area contributed by atoms with Gasteiger partial charge in [-0.2, -0.15) is 0 Å². The summed E-state index contributed by atoms with van der Waals surface area (Å²) in [6.07, 6.45) is 5.36. The third-order valence-corrected chi connectivity index (χ3v) is 7.13. The number of piperazine rings is 1. The summed E-state index contributed by atoms with van der Waals surface area (Å²) in [4.78, 5) is 23.1. The van der Waals surface area contributed by atoms with Gasteiger partial charge in [0.15, 0.2) is 0 Å². The summed E-state index contributed by atoms with van der Waals surface area (Å²) in [7, 11) is 0. The van der Waals surface area contributed by atoms with E-state index in [9.17, 15) is 4.79 Å². The first-order valence-corrected chi connectivity index (χ1v) is 11.8. The average molecular weight is 417 g/mol. The second-order valence-electron chi connectivity index (χ2n) is 8.91. The standard InChI is InChI=1S/C26H32N4O/c1-3-30-24(26(31)29-17-15-28(16-18-29)21-11-5-6-12-21)19(2)27-25(30)23-14-8-10-20-9-4-7-13-22(20)23/h4,7-10,13-14,21H,3,5-6,11-12,15-18H2,1-2H3. The molecule has 1 amide bonds. The lowest BCUT2D eigenvalue weighted by molar-refractivity contribution is 0.0563. The van der Waals surface area contributed by atoms with Crippen molar-refractivity contribution >= 4 is 16.7 Å². The fourth-order valence-electron chi connectivity index (χ4n) is 5.49. The summed E-state index contributed by atoms with van der Waals surface area (Å²) in [5.41, 5.74) is 2.67. The second kappa shape index (κ2) is 8.46. The van der Waals surface area contributed by atoms with Crippen LogP contribution in [0.2, 0.25) is 0 Å². The zero-order chi connectivity index (χ0) is 21.4. The zero-order valence-corrected chi connectivity index (χ0v) is 18.7. The quantitative estimate of drug-likeness (QED) is 0.617. The van der Waals surface area contributed by atoms with Gasteiger partial charge in [0.1, 0.15) is 11.5 Å². The van der Waals surface area contributed by atoms with Gasteiger partial charge >= 0.3 is 0 Å². The number of imidazole rings is 1. The molecular weight excluding hydrogens is 384 g/mol. The summed E-state index contributed by atoms with van der Waals surface area (Å²) in [5, 5.41) is 2.37. The molecule has 0 radical (unpaired) electrons. The maximum absolute atomic E-state index is 13.6. The molecule has 0 spiro atoms. The highest BCUT2D eigenvalue weighted by Gasteiger charge is 2.31. The molecule has 3 aromatic rings. The lowest BCUT2D eigenvalue weighted by atomic mass is 10.0. The fraction of sp³-hybridized carbons (Fsp3) is 0.462. The Kier molecular flexibility index (Phi) is 5.53. The lowest BCUT2D eigenvalue weighted by Gasteiger charge is -2.38. The van der Waals surface area contributed by atoms with Crippen LogP contribution in [-0.4, -0.2) is 57.5 Å². The first-order chi connectivity index (χ1) is 15.2.